The molecule has 3 aromatic heterocycles. The number of hydrogen-bond donors (Lipinski definition) is 2. The van der Waals surface area contributed by atoms with Crippen molar-refractivity contribution in [2.75, 3.05) is 0 Å². The number of fused-ring (bicyclic) bond motifs is 1. The predicted molar refractivity (Wildman–Crippen MR) is 74.8 cm³/mol. The molecule has 104 valence electrons. The van der Waals surface area contributed by atoms with Gasteiger partial charge in [-0.3, -0.25) is 4.79 Å². The van der Waals surface area contributed by atoms with E-state index in [0.29, 0.717) is 23.4 Å². The number of nitrogens with one attached hydrogen (secondary N) is 1. The molecule has 0 amide bonds. The van der Waals surface area contributed by atoms with Gasteiger partial charge in [0.25, 0.3) is 5.56 Å². The summed E-state index contributed by atoms with van der Waals surface area (Å²) in [6.07, 6.45) is 1.62. The van der Waals surface area contributed by atoms with Gasteiger partial charge < -0.3 is 10.1 Å². The van der Waals surface area contributed by atoms with Gasteiger partial charge in [0.1, 0.15) is 22.9 Å². The summed E-state index contributed by atoms with van der Waals surface area (Å²) in [5.74, 6) is 0.526. The van der Waals surface area contributed by atoms with Gasteiger partial charge in [-0.2, -0.15) is 0 Å². The number of hydrogen-bond acceptors (Lipinski definition) is 6. The highest BCUT2D eigenvalue weighted by molar-refractivity contribution is 7.18. The Kier molecular flexibility index (Phi) is 3.11. The van der Waals surface area contributed by atoms with E-state index >= 15 is 0 Å². The molecule has 0 saturated heterocycles. The van der Waals surface area contributed by atoms with Crippen LogP contribution in [0.25, 0.3) is 10.2 Å². The highest BCUT2D eigenvalue weighted by atomic mass is 32.1. The van der Waals surface area contributed by atoms with Gasteiger partial charge in [-0.25, -0.2) is 9.67 Å². The Morgan fingerprint density at radius 3 is 2.95 bits per heavy atom. The van der Waals surface area contributed by atoms with Crippen molar-refractivity contribution >= 4 is 21.6 Å². The predicted octanol–water partition coefficient (Wildman–Crippen LogP) is 0.734. The van der Waals surface area contributed by atoms with Gasteiger partial charge in [-0.05, 0) is 19.4 Å². The van der Waals surface area contributed by atoms with E-state index < -0.39 is 0 Å². The minimum atomic E-state index is -0.160. The third kappa shape index (κ3) is 2.12. The van der Waals surface area contributed by atoms with Crippen molar-refractivity contribution in [2.45, 2.75) is 27.0 Å². The number of aryl methyl sites for hydroxylation is 2. The minimum absolute atomic E-state index is 0.130. The van der Waals surface area contributed by atoms with Crippen molar-refractivity contribution in [3.05, 3.63) is 38.5 Å². The molecule has 0 atom stereocenters. The van der Waals surface area contributed by atoms with Crippen LogP contribution in [0.5, 0.6) is 0 Å². The molecule has 0 fully saturated rings. The number of aliphatic hydroxyl groups is 1. The molecule has 2 N–H and O–H groups in total. The van der Waals surface area contributed by atoms with E-state index in [4.69, 9.17) is 5.11 Å². The Morgan fingerprint density at radius 2 is 2.25 bits per heavy atom. The fraction of sp³-hybridized carbons (Fsp3) is 0.333. The number of aliphatic hydroxyl groups excluding tert-OH is 1. The number of nitrogens with zero attached hydrogens (tertiary/aromatic N) is 4. The van der Waals surface area contributed by atoms with Crippen LogP contribution in [0.2, 0.25) is 0 Å². The first kappa shape index (κ1) is 12.9. The molecule has 0 aromatic carbocycles. The molecule has 20 heavy (non-hydrogen) atoms. The zero-order valence-corrected chi connectivity index (χ0v) is 11.9. The van der Waals surface area contributed by atoms with Gasteiger partial charge in [0.2, 0.25) is 0 Å². The summed E-state index contributed by atoms with van der Waals surface area (Å²) < 4.78 is 1.53. The molecular weight excluding hydrogens is 278 g/mol. The summed E-state index contributed by atoms with van der Waals surface area (Å²) in [5.41, 5.74) is 1.33. The van der Waals surface area contributed by atoms with Gasteiger partial charge in [0.15, 0.2) is 0 Å². The zero-order valence-electron chi connectivity index (χ0n) is 11.0. The van der Waals surface area contributed by atoms with Crippen molar-refractivity contribution in [2.24, 2.45) is 0 Å². The summed E-state index contributed by atoms with van der Waals surface area (Å²) in [4.78, 5) is 21.2. The van der Waals surface area contributed by atoms with Crippen molar-refractivity contribution < 1.29 is 5.11 Å². The lowest BCUT2D eigenvalue weighted by atomic mass is 10.2. The molecular formula is C12H13N5O2S. The Hall–Kier alpha value is -2.06. The maximum Gasteiger partial charge on any atom is 0.259 e. The molecule has 8 heteroatoms. The Balaban J connectivity index is 2.02. The average Bonchev–Trinajstić information content (AvgIpc) is 2.95. The van der Waals surface area contributed by atoms with Gasteiger partial charge in [0.05, 0.1) is 18.2 Å². The monoisotopic (exact) mass is 291 g/mol. The maximum absolute atomic E-state index is 12.1. The van der Waals surface area contributed by atoms with E-state index in [9.17, 15) is 4.79 Å². The fourth-order valence-corrected chi connectivity index (χ4v) is 3.06. The lowest BCUT2D eigenvalue weighted by Crippen LogP contribution is -2.14. The summed E-state index contributed by atoms with van der Waals surface area (Å²) in [5, 5.41) is 17.2. The van der Waals surface area contributed by atoms with Crippen LogP contribution in [-0.2, 0) is 13.2 Å². The summed E-state index contributed by atoms with van der Waals surface area (Å²) in [6.45, 7) is 4.06. The molecule has 3 rings (SSSR count). The number of thiophene rings is 1. The third-order valence-electron chi connectivity index (χ3n) is 3.15. The SMILES string of the molecule is Cc1sc2nc(Cn3cc(CO)nn3)[nH]c(=O)c2c1C. The molecule has 0 spiro atoms. The van der Waals surface area contributed by atoms with Gasteiger partial charge >= 0.3 is 0 Å². The van der Waals surface area contributed by atoms with E-state index in [1.54, 1.807) is 6.20 Å². The Labute approximate surface area is 117 Å². The van der Waals surface area contributed by atoms with E-state index in [-0.39, 0.29) is 12.2 Å². The summed E-state index contributed by atoms with van der Waals surface area (Å²) >= 11 is 1.51. The summed E-state index contributed by atoms with van der Waals surface area (Å²) in [7, 11) is 0. The van der Waals surface area contributed by atoms with E-state index in [2.05, 4.69) is 20.3 Å². The van der Waals surface area contributed by atoms with E-state index in [1.165, 1.54) is 16.0 Å². The smallest absolute Gasteiger partial charge is 0.259 e. The maximum atomic E-state index is 12.1. The molecule has 0 radical (unpaired) electrons. The topological polar surface area (TPSA) is 96.7 Å². The van der Waals surface area contributed by atoms with Crippen molar-refractivity contribution in [3.8, 4) is 0 Å². The Morgan fingerprint density at radius 1 is 1.45 bits per heavy atom. The molecule has 0 saturated carbocycles. The van der Waals surface area contributed by atoms with Crippen LogP contribution in [0.1, 0.15) is 22.0 Å². The highest BCUT2D eigenvalue weighted by Gasteiger charge is 2.12. The van der Waals surface area contributed by atoms with Gasteiger partial charge in [0, 0.05) is 4.88 Å². The lowest BCUT2D eigenvalue weighted by molar-refractivity contribution is 0.276. The largest absolute Gasteiger partial charge is 0.390 e. The summed E-state index contributed by atoms with van der Waals surface area (Å²) in [6, 6.07) is 0. The quantitative estimate of drug-likeness (QED) is 0.741. The first-order valence-corrected chi connectivity index (χ1v) is 6.89. The van der Waals surface area contributed by atoms with Crippen molar-refractivity contribution in [1.29, 1.82) is 0 Å². The molecule has 3 heterocycles. The molecule has 0 aliphatic rings. The standard InChI is InChI=1S/C12H13N5O2S/c1-6-7(2)20-12-10(6)11(19)13-9(14-12)4-17-3-8(5-18)15-16-17/h3,18H,4-5H2,1-2H3,(H,13,14,19). The van der Waals surface area contributed by atoms with Gasteiger partial charge in [-0.1, -0.05) is 5.21 Å². The first-order valence-electron chi connectivity index (χ1n) is 6.07. The van der Waals surface area contributed by atoms with Crippen LogP contribution >= 0.6 is 11.3 Å². The van der Waals surface area contributed by atoms with Crippen LogP contribution in [0, 0.1) is 13.8 Å². The zero-order chi connectivity index (χ0) is 14.3. The number of H-pyrrole nitrogens is 1. The second kappa shape index (κ2) is 4.80. The molecule has 0 unspecified atom stereocenters. The van der Waals surface area contributed by atoms with Crippen molar-refractivity contribution in [3.63, 3.8) is 0 Å². The van der Waals surface area contributed by atoms with E-state index in [1.807, 2.05) is 13.8 Å². The highest BCUT2D eigenvalue weighted by Crippen LogP contribution is 2.25. The van der Waals surface area contributed by atoms with Gasteiger partial charge in [-0.15, -0.1) is 16.4 Å². The molecule has 3 aromatic rings. The van der Waals surface area contributed by atoms with Crippen LogP contribution in [0.15, 0.2) is 11.0 Å². The second-order valence-corrected chi connectivity index (χ2v) is 5.74. The van der Waals surface area contributed by atoms with Crippen molar-refractivity contribution in [1.82, 2.24) is 25.0 Å². The average molecular weight is 291 g/mol. The fourth-order valence-electron chi connectivity index (χ4n) is 2.02. The first-order chi connectivity index (χ1) is 9.58. The number of aromatic amines is 1. The van der Waals surface area contributed by atoms with E-state index in [0.717, 1.165) is 15.3 Å². The van der Waals surface area contributed by atoms with Crippen LogP contribution in [-0.4, -0.2) is 30.1 Å². The van der Waals surface area contributed by atoms with Crippen LogP contribution < -0.4 is 5.56 Å². The minimum Gasteiger partial charge on any atom is -0.390 e. The Bertz CT molecular complexity index is 832. The molecule has 0 aliphatic heterocycles. The normalized spacial score (nSPS) is 11.3. The number of rotatable bonds is 3. The third-order valence-corrected chi connectivity index (χ3v) is 4.25. The molecule has 0 bridgehead atoms. The molecule has 7 nitrogen and oxygen atoms in total. The van der Waals surface area contributed by atoms with Crippen LogP contribution in [0.4, 0.5) is 0 Å². The number of aromatic nitrogens is 5. The second-order valence-electron chi connectivity index (χ2n) is 4.54. The lowest BCUT2D eigenvalue weighted by Gasteiger charge is -2.00. The van der Waals surface area contributed by atoms with Crippen LogP contribution in [0.3, 0.4) is 0 Å². The molecule has 0 aliphatic carbocycles.